The Labute approximate surface area is 168 Å². The molecule has 1 amide bonds. The molecule has 2 heterocycles. The lowest BCUT2D eigenvalue weighted by atomic mass is 10.1. The summed E-state index contributed by atoms with van der Waals surface area (Å²) in [5, 5.41) is 2.82. The van der Waals surface area contributed by atoms with Gasteiger partial charge in [0.1, 0.15) is 4.88 Å². The van der Waals surface area contributed by atoms with Crippen LogP contribution < -0.4 is 5.32 Å². The molecular weight excluding hydrogens is 484 g/mol. The third-order valence-electron chi connectivity index (χ3n) is 3.77. The van der Waals surface area contributed by atoms with Crippen LogP contribution in [0.4, 0.5) is 13.2 Å². The minimum Gasteiger partial charge on any atom is -0.348 e. The van der Waals surface area contributed by atoms with Gasteiger partial charge in [0.2, 0.25) is 5.95 Å². The van der Waals surface area contributed by atoms with Crippen LogP contribution >= 0.6 is 34.9 Å². The Balaban J connectivity index is 1.87. The summed E-state index contributed by atoms with van der Waals surface area (Å²) in [6.45, 7) is 0.0798. The molecule has 1 aromatic carbocycles. The Morgan fingerprint density at radius 1 is 1.29 bits per heavy atom. The highest BCUT2D eigenvalue weighted by Crippen LogP contribution is 2.62. The number of amides is 1. The Morgan fingerprint density at radius 2 is 2.00 bits per heavy atom. The molecule has 0 bridgehead atoms. The highest BCUT2D eigenvalue weighted by Gasteiger charge is 2.53. The van der Waals surface area contributed by atoms with Crippen LogP contribution in [0, 0.1) is 5.95 Å². The number of carbonyl (C=O) groups is 1. The molecule has 0 saturated carbocycles. The zero-order valence-electron chi connectivity index (χ0n) is 13.7. The summed E-state index contributed by atoms with van der Waals surface area (Å²) in [6.07, 6.45) is 1.27. The van der Waals surface area contributed by atoms with E-state index in [2.05, 4.69) is 26.2 Å². The van der Waals surface area contributed by atoms with Crippen molar-refractivity contribution in [1.29, 1.82) is 0 Å². The molecule has 0 saturated heterocycles. The van der Waals surface area contributed by atoms with Crippen molar-refractivity contribution in [2.75, 3.05) is 0 Å². The maximum Gasteiger partial charge on any atom is 0.400 e. The standard InChI is InChI=1S/C16H11BrF3N2O4PS/c17-13-10-5-9(15(23)22-7-8-1-4-12(18)21-6-8)2-3-11(10)28-14(13)16(19,20)27(24,25)26/h1-6H,7H2,(H,22,23)(H2,24,25,26). The molecule has 0 unspecified atom stereocenters. The van der Waals surface area contributed by atoms with Crippen LogP contribution in [0.2, 0.25) is 0 Å². The molecule has 28 heavy (non-hydrogen) atoms. The third kappa shape index (κ3) is 3.99. The molecule has 0 aliphatic carbocycles. The summed E-state index contributed by atoms with van der Waals surface area (Å²) in [5.74, 6) is -1.15. The van der Waals surface area contributed by atoms with Crippen molar-refractivity contribution in [1.82, 2.24) is 10.3 Å². The van der Waals surface area contributed by atoms with Crippen molar-refractivity contribution in [3.63, 3.8) is 0 Å². The van der Waals surface area contributed by atoms with Crippen LogP contribution in [0.25, 0.3) is 10.1 Å². The van der Waals surface area contributed by atoms with E-state index in [0.29, 0.717) is 21.6 Å². The van der Waals surface area contributed by atoms with Crippen molar-refractivity contribution in [2.24, 2.45) is 0 Å². The predicted octanol–water partition coefficient (Wildman–Crippen LogP) is 4.35. The maximum atomic E-state index is 14.1. The van der Waals surface area contributed by atoms with E-state index >= 15 is 0 Å². The second-order valence-corrected chi connectivity index (χ2v) is 9.21. The van der Waals surface area contributed by atoms with E-state index < -0.39 is 30.0 Å². The van der Waals surface area contributed by atoms with E-state index in [9.17, 15) is 22.5 Å². The lowest BCUT2D eigenvalue weighted by molar-refractivity contribution is 0.0595. The van der Waals surface area contributed by atoms with E-state index in [1.54, 1.807) is 0 Å². The first kappa shape index (κ1) is 20.9. The number of thiophene rings is 1. The second kappa shape index (κ2) is 7.57. The van der Waals surface area contributed by atoms with Crippen LogP contribution in [-0.2, 0) is 16.8 Å². The number of hydrogen-bond acceptors (Lipinski definition) is 4. The highest BCUT2D eigenvalue weighted by molar-refractivity contribution is 9.10. The molecule has 0 radical (unpaired) electrons. The van der Waals surface area contributed by atoms with Gasteiger partial charge in [-0.3, -0.25) is 9.36 Å². The summed E-state index contributed by atoms with van der Waals surface area (Å²) in [4.78, 5) is 32.9. The number of fused-ring (bicyclic) bond motifs is 1. The molecule has 6 nitrogen and oxygen atoms in total. The van der Waals surface area contributed by atoms with Gasteiger partial charge < -0.3 is 15.1 Å². The summed E-state index contributed by atoms with van der Waals surface area (Å²) in [7, 11) is -5.72. The number of nitrogens with zero attached hydrogens (tertiary/aromatic N) is 1. The minimum absolute atomic E-state index is 0.0798. The van der Waals surface area contributed by atoms with E-state index in [1.807, 2.05) is 0 Å². The predicted molar refractivity (Wildman–Crippen MR) is 101 cm³/mol. The normalized spacial score (nSPS) is 12.4. The topological polar surface area (TPSA) is 99.5 Å². The number of nitrogens with one attached hydrogen (secondary N) is 1. The van der Waals surface area contributed by atoms with Gasteiger partial charge in [0.05, 0.1) is 0 Å². The first-order chi connectivity index (χ1) is 13.0. The number of carbonyl (C=O) groups excluding carboxylic acids is 1. The first-order valence-corrected chi connectivity index (χ1v) is 10.8. The van der Waals surface area contributed by atoms with Crippen LogP contribution in [0.1, 0.15) is 20.8 Å². The van der Waals surface area contributed by atoms with Crippen molar-refractivity contribution in [3.8, 4) is 0 Å². The van der Waals surface area contributed by atoms with Gasteiger partial charge in [-0.25, -0.2) is 4.98 Å². The van der Waals surface area contributed by atoms with Crippen molar-refractivity contribution < 1.29 is 32.3 Å². The Morgan fingerprint density at radius 3 is 2.61 bits per heavy atom. The molecule has 148 valence electrons. The highest BCUT2D eigenvalue weighted by atomic mass is 79.9. The fourth-order valence-corrected chi connectivity index (χ4v) is 5.25. The van der Waals surface area contributed by atoms with Crippen molar-refractivity contribution >= 4 is 50.9 Å². The van der Waals surface area contributed by atoms with Gasteiger partial charge in [-0.1, -0.05) is 6.07 Å². The van der Waals surface area contributed by atoms with Crippen molar-refractivity contribution in [3.05, 3.63) is 63.0 Å². The van der Waals surface area contributed by atoms with Gasteiger partial charge in [-0.05, 0) is 45.8 Å². The van der Waals surface area contributed by atoms with Gasteiger partial charge in [-0.15, -0.1) is 11.3 Å². The van der Waals surface area contributed by atoms with Crippen LogP contribution in [0.5, 0.6) is 0 Å². The quantitative estimate of drug-likeness (QED) is 0.361. The summed E-state index contributed by atoms with van der Waals surface area (Å²) in [6, 6.07) is 6.77. The number of alkyl halides is 2. The van der Waals surface area contributed by atoms with Crippen LogP contribution in [-0.4, -0.2) is 20.7 Å². The average Bonchev–Trinajstić information content (AvgIpc) is 2.97. The SMILES string of the molecule is O=C(NCc1ccc(F)nc1)c1ccc2sc(C(F)(F)P(=O)(O)O)c(Br)c2c1. The zero-order valence-corrected chi connectivity index (χ0v) is 17.0. The molecule has 2 aromatic heterocycles. The number of pyridine rings is 1. The summed E-state index contributed by atoms with van der Waals surface area (Å²) < 4.78 is 52.2. The number of hydrogen-bond donors (Lipinski definition) is 3. The lowest BCUT2D eigenvalue weighted by Crippen LogP contribution is -2.22. The van der Waals surface area contributed by atoms with Gasteiger partial charge in [-0.2, -0.15) is 13.2 Å². The molecule has 0 aliphatic heterocycles. The smallest absolute Gasteiger partial charge is 0.348 e. The monoisotopic (exact) mass is 494 g/mol. The molecule has 0 aliphatic rings. The van der Waals surface area contributed by atoms with E-state index in [-0.39, 0.29) is 22.0 Å². The summed E-state index contributed by atoms with van der Waals surface area (Å²) in [5.41, 5.74) is -3.63. The fraction of sp³-hybridized carbons (Fsp3) is 0.125. The first-order valence-electron chi connectivity index (χ1n) is 7.55. The van der Waals surface area contributed by atoms with Gasteiger partial charge in [0.15, 0.2) is 0 Å². The molecule has 12 heteroatoms. The van der Waals surface area contributed by atoms with Crippen molar-refractivity contribution in [2.45, 2.75) is 12.2 Å². The Bertz CT molecular complexity index is 1100. The number of halogens is 4. The maximum absolute atomic E-state index is 14.1. The number of rotatable bonds is 5. The Kier molecular flexibility index (Phi) is 5.66. The van der Waals surface area contributed by atoms with Crippen LogP contribution in [0.3, 0.4) is 0 Å². The van der Waals surface area contributed by atoms with Gasteiger partial charge in [0.25, 0.3) is 5.91 Å². The number of aromatic nitrogens is 1. The molecule has 0 atom stereocenters. The molecule has 3 N–H and O–H groups in total. The average molecular weight is 495 g/mol. The molecule has 3 rings (SSSR count). The van der Waals surface area contributed by atoms with E-state index in [4.69, 9.17) is 9.79 Å². The molecular formula is C16H11BrF3N2O4PS. The minimum atomic E-state index is -5.72. The molecule has 0 fully saturated rings. The molecule has 3 aromatic rings. The molecule has 0 spiro atoms. The summed E-state index contributed by atoms with van der Waals surface area (Å²) >= 11 is 3.48. The second-order valence-electron chi connectivity index (χ2n) is 5.71. The number of benzene rings is 1. The fourth-order valence-electron chi connectivity index (χ4n) is 2.33. The third-order valence-corrected chi connectivity index (χ3v) is 7.20. The van der Waals surface area contributed by atoms with Gasteiger partial charge >= 0.3 is 13.3 Å². The largest absolute Gasteiger partial charge is 0.400 e. The van der Waals surface area contributed by atoms with Gasteiger partial charge in [0, 0.05) is 32.9 Å². The van der Waals surface area contributed by atoms with E-state index in [1.165, 1.54) is 30.5 Å². The lowest BCUT2D eigenvalue weighted by Gasteiger charge is -2.16. The Hall–Kier alpha value is -1.78. The van der Waals surface area contributed by atoms with Crippen LogP contribution in [0.15, 0.2) is 41.0 Å². The van der Waals surface area contributed by atoms with E-state index in [0.717, 1.165) is 6.07 Å². The zero-order chi connectivity index (χ0) is 20.7.